The molecule has 5 aromatic rings. The Morgan fingerprint density at radius 3 is 2.21 bits per heavy atom. The van der Waals surface area contributed by atoms with Crippen molar-refractivity contribution in [2.45, 2.75) is 67.2 Å². The molecular formula is C39H42ClN5O9S2. The van der Waals surface area contributed by atoms with Crippen LogP contribution in [-0.2, 0) is 24.8 Å². The van der Waals surface area contributed by atoms with E-state index in [2.05, 4.69) is 15.3 Å². The zero-order valence-corrected chi connectivity index (χ0v) is 32.7. The van der Waals surface area contributed by atoms with Gasteiger partial charge in [-0.15, -0.1) is 0 Å². The first-order valence-electron chi connectivity index (χ1n) is 18.2. The maximum Gasteiger partial charge on any atom is 0.318 e. The fraction of sp³-hybridized carbons (Fsp3) is 0.308. The molecule has 2 heterocycles. The standard InChI is InChI=1S/C21H23ClN2O6S.C18H19N3O3S/c22-15-9-10-19(25)18(12-15)23-21(28)14-5-4-8-17(11-14)31(29,30)24(13-20(26)27)16-6-2-1-3-7-16;22-16-9-5-8-15-17(16)20-18(19-15)13-6-4-7-14(12-13)25(23,24)21-10-2-1-3-11-21/h4-5,8-12,16,25H,1-3,6-7,13H2,(H,23,28)(H,26,27);4-9,12,22H,1-3,10-11H2,(H,19,20). The predicted molar refractivity (Wildman–Crippen MR) is 212 cm³/mol. The quantitative estimate of drug-likeness (QED) is 0.0929. The number of nitrogens with zero attached hydrogens (tertiary/aromatic N) is 3. The molecule has 1 saturated carbocycles. The third kappa shape index (κ3) is 9.33. The van der Waals surface area contributed by atoms with Crippen LogP contribution in [0.3, 0.4) is 0 Å². The van der Waals surface area contributed by atoms with Crippen LogP contribution >= 0.6 is 11.6 Å². The molecule has 1 saturated heterocycles. The summed E-state index contributed by atoms with van der Waals surface area (Å²) in [7, 11) is -7.63. The van der Waals surface area contributed by atoms with E-state index < -0.39 is 44.5 Å². The lowest BCUT2D eigenvalue weighted by molar-refractivity contribution is -0.137. The normalized spacial score (nSPS) is 15.6. The molecule has 0 atom stereocenters. The number of fused-ring (bicyclic) bond motifs is 1. The van der Waals surface area contributed by atoms with Crippen LogP contribution in [0.1, 0.15) is 61.7 Å². The number of anilines is 1. The number of hydrogen-bond acceptors (Lipinski definition) is 9. The minimum Gasteiger partial charge on any atom is -0.506 e. The first-order chi connectivity index (χ1) is 26.7. The van der Waals surface area contributed by atoms with Crippen molar-refractivity contribution < 1.29 is 41.7 Å². The Hall–Kier alpha value is -5.00. The number of phenolic OH excluding ortho intramolecular Hbond substituents is 2. The number of sulfonamides is 2. The fourth-order valence-electron chi connectivity index (χ4n) is 6.86. The third-order valence-corrected chi connectivity index (χ3v) is 13.8. The molecule has 7 rings (SSSR count). The largest absolute Gasteiger partial charge is 0.506 e. The smallest absolute Gasteiger partial charge is 0.318 e. The Labute approximate surface area is 329 Å². The monoisotopic (exact) mass is 823 g/mol. The number of carbonyl (C=O) groups is 2. The summed E-state index contributed by atoms with van der Waals surface area (Å²) in [5.74, 6) is -1.44. The molecule has 1 aromatic heterocycles. The van der Waals surface area contributed by atoms with Crippen molar-refractivity contribution in [3.8, 4) is 22.9 Å². The summed E-state index contributed by atoms with van der Waals surface area (Å²) in [4.78, 5) is 31.6. The molecule has 1 aliphatic heterocycles. The van der Waals surface area contributed by atoms with Crippen molar-refractivity contribution in [1.82, 2.24) is 18.6 Å². The molecule has 0 spiro atoms. The van der Waals surface area contributed by atoms with Gasteiger partial charge >= 0.3 is 5.97 Å². The molecule has 1 amide bonds. The van der Waals surface area contributed by atoms with Crippen LogP contribution in [0.2, 0.25) is 5.02 Å². The van der Waals surface area contributed by atoms with Crippen molar-refractivity contribution >= 4 is 60.2 Å². The highest BCUT2D eigenvalue weighted by Crippen LogP contribution is 2.31. The number of carboxylic acids is 1. The fourth-order valence-corrected chi connectivity index (χ4v) is 10.3. The molecule has 56 heavy (non-hydrogen) atoms. The van der Waals surface area contributed by atoms with Crippen LogP contribution in [0, 0.1) is 0 Å². The average Bonchev–Trinajstić information content (AvgIpc) is 3.65. The Morgan fingerprint density at radius 1 is 0.821 bits per heavy atom. The number of halogens is 1. The van der Waals surface area contributed by atoms with Crippen LogP contribution in [0.4, 0.5) is 5.69 Å². The van der Waals surface area contributed by atoms with Crippen LogP contribution in [-0.4, -0.2) is 88.3 Å². The third-order valence-electron chi connectivity index (χ3n) is 9.73. The number of amides is 1. The second-order valence-corrected chi connectivity index (χ2v) is 17.9. The lowest BCUT2D eigenvalue weighted by Gasteiger charge is -2.32. The number of phenols is 2. The number of aromatic amines is 1. The van der Waals surface area contributed by atoms with E-state index in [1.54, 1.807) is 34.6 Å². The molecule has 4 aromatic carbocycles. The van der Waals surface area contributed by atoms with Crippen LogP contribution < -0.4 is 5.32 Å². The summed E-state index contributed by atoms with van der Waals surface area (Å²) >= 11 is 5.89. The van der Waals surface area contributed by atoms with Gasteiger partial charge in [0.15, 0.2) is 0 Å². The number of aromatic nitrogens is 2. The number of aliphatic carboxylic acids is 1. The van der Waals surface area contributed by atoms with Gasteiger partial charge in [-0.25, -0.2) is 21.8 Å². The summed E-state index contributed by atoms with van der Waals surface area (Å²) < 4.78 is 54.8. The topological polar surface area (TPSA) is 210 Å². The van der Waals surface area contributed by atoms with E-state index in [0.717, 1.165) is 42.8 Å². The number of nitrogens with one attached hydrogen (secondary N) is 2. The molecule has 1 aliphatic carbocycles. The van der Waals surface area contributed by atoms with Crippen molar-refractivity contribution in [1.29, 1.82) is 0 Å². The van der Waals surface area contributed by atoms with Gasteiger partial charge in [0.05, 0.1) is 21.0 Å². The molecule has 0 radical (unpaired) electrons. The average molecular weight is 824 g/mol. The van der Waals surface area contributed by atoms with Crippen LogP contribution in [0.5, 0.6) is 11.5 Å². The maximum atomic E-state index is 13.3. The molecule has 17 heteroatoms. The van der Waals surface area contributed by atoms with Gasteiger partial charge in [-0.3, -0.25) is 9.59 Å². The highest BCUT2D eigenvalue weighted by Gasteiger charge is 2.34. The van der Waals surface area contributed by atoms with Crippen LogP contribution in [0.15, 0.2) is 94.7 Å². The van der Waals surface area contributed by atoms with E-state index in [1.807, 2.05) is 12.1 Å². The van der Waals surface area contributed by atoms with Gasteiger partial charge in [0.25, 0.3) is 5.91 Å². The lowest BCUT2D eigenvalue weighted by Crippen LogP contribution is -2.44. The van der Waals surface area contributed by atoms with E-state index >= 15 is 0 Å². The molecule has 296 valence electrons. The number of piperidine rings is 1. The van der Waals surface area contributed by atoms with Crippen molar-refractivity contribution in [2.24, 2.45) is 0 Å². The van der Waals surface area contributed by atoms with Crippen molar-refractivity contribution in [3.05, 3.63) is 95.5 Å². The van der Waals surface area contributed by atoms with Crippen LogP contribution in [0.25, 0.3) is 22.4 Å². The Bertz CT molecular complexity index is 2450. The second-order valence-electron chi connectivity index (χ2n) is 13.6. The Kier molecular flexibility index (Phi) is 12.7. The number of aromatic hydroxyl groups is 2. The van der Waals surface area contributed by atoms with E-state index in [4.69, 9.17) is 11.6 Å². The van der Waals surface area contributed by atoms with Gasteiger partial charge in [0, 0.05) is 35.3 Å². The van der Waals surface area contributed by atoms with E-state index in [-0.39, 0.29) is 32.5 Å². The summed E-state index contributed by atoms with van der Waals surface area (Å²) in [6.07, 6.45) is 6.74. The van der Waals surface area contributed by atoms with E-state index in [9.17, 15) is 41.7 Å². The van der Waals surface area contributed by atoms with E-state index in [1.165, 1.54) is 42.5 Å². The summed E-state index contributed by atoms with van der Waals surface area (Å²) in [5, 5.41) is 31.9. The number of carbonyl (C=O) groups excluding carboxylic acids is 1. The molecule has 0 unspecified atom stereocenters. The Balaban J connectivity index is 0.000000194. The van der Waals surface area contributed by atoms with E-state index in [0.29, 0.717) is 53.4 Å². The predicted octanol–water partition coefficient (Wildman–Crippen LogP) is 6.82. The number of H-pyrrole nitrogens is 1. The molecular weight excluding hydrogens is 782 g/mol. The summed E-state index contributed by atoms with van der Waals surface area (Å²) in [5.41, 5.74) is 1.98. The number of rotatable bonds is 10. The minimum atomic E-state index is -4.14. The molecule has 2 fully saturated rings. The van der Waals surface area contributed by atoms with Gasteiger partial charge < -0.3 is 25.6 Å². The minimum absolute atomic E-state index is 0.0411. The Morgan fingerprint density at radius 2 is 1.50 bits per heavy atom. The SMILES string of the molecule is O=C(O)CN(C1CCCCC1)S(=O)(=O)c1cccc(C(=O)Nc2cc(Cl)ccc2O)c1.O=S(=O)(c1cccc(-c2nc3c(O)cccc3[nH]2)c1)N1CCCCC1. The first-order valence-corrected chi connectivity index (χ1v) is 21.4. The molecule has 5 N–H and O–H groups in total. The number of imidazole rings is 1. The highest BCUT2D eigenvalue weighted by molar-refractivity contribution is 7.89. The maximum absolute atomic E-state index is 13.3. The summed E-state index contributed by atoms with van der Waals surface area (Å²) in [6.45, 7) is 0.510. The van der Waals surface area contributed by atoms with Crippen molar-refractivity contribution in [3.63, 3.8) is 0 Å². The number of benzene rings is 4. The summed E-state index contributed by atoms with van der Waals surface area (Å²) in [6, 6.07) is 21.1. The molecule has 14 nitrogen and oxygen atoms in total. The van der Waals surface area contributed by atoms with Gasteiger partial charge in [0.1, 0.15) is 29.4 Å². The number of para-hydroxylation sites is 1. The molecule has 2 aliphatic rings. The second kappa shape index (κ2) is 17.4. The number of hydrogen-bond donors (Lipinski definition) is 5. The number of carboxylic acid groups (broad SMARTS) is 1. The molecule has 0 bridgehead atoms. The van der Waals surface area contributed by atoms with Gasteiger partial charge in [-0.05, 0) is 86.3 Å². The zero-order valence-electron chi connectivity index (χ0n) is 30.3. The highest BCUT2D eigenvalue weighted by atomic mass is 35.5. The van der Waals surface area contributed by atoms with Crippen molar-refractivity contribution in [2.75, 3.05) is 25.0 Å². The van der Waals surface area contributed by atoms with Gasteiger partial charge in [-0.2, -0.15) is 8.61 Å². The first kappa shape index (κ1) is 40.7. The van der Waals surface area contributed by atoms with Gasteiger partial charge in [0.2, 0.25) is 20.0 Å². The zero-order chi connectivity index (χ0) is 40.0. The lowest BCUT2D eigenvalue weighted by atomic mass is 9.95. The van der Waals surface area contributed by atoms with Gasteiger partial charge in [-0.1, -0.05) is 61.5 Å².